The topological polar surface area (TPSA) is 154 Å². The van der Waals surface area contributed by atoms with Crippen LogP contribution in [0.1, 0.15) is 25.0 Å². The van der Waals surface area contributed by atoms with E-state index in [2.05, 4.69) is 20.0 Å². The first kappa shape index (κ1) is 23.8. The lowest BCUT2D eigenvalue weighted by molar-refractivity contribution is -0.118. The third-order valence-corrected chi connectivity index (χ3v) is 6.64. The second-order valence-corrected chi connectivity index (χ2v) is 9.61. The first-order valence-electron chi connectivity index (χ1n) is 10.0. The van der Waals surface area contributed by atoms with Crippen molar-refractivity contribution in [2.45, 2.75) is 40.0 Å². The van der Waals surface area contributed by atoms with Crippen LogP contribution >= 0.6 is 7.52 Å². The molecule has 0 aliphatic rings. The minimum Gasteiger partial charge on any atom is -0.369 e. The van der Waals surface area contributed by atoms with Gasteiger partial charge in [0.2, 0.25) is 5.95 Å². The first-order valence-corrected chi connectivity index (χ1v) is 11.8. The van der Waals surface area contributed by atoms with Crippen molar-refractivity contribution in [1.29, 1.82) is 0 Å². The highest BCUT2D eigenvalue weighted by Gasteiger charge is 2.27. The maximum absolute atomic E-state index is 13.3. The van der Waals surface area contributed by atoms with Gasteiger partial charge in [-0.3, -0.25) is 19.1 Å². The molecule has 0 fully saturated rings. The van der Waals surface area contributed by atoms with Crippen LogP contribution in [-0.4, -0.2) is 44.3 Å². The van der Waals surface area contributed by atoms with Crippen LogP contribution in [0.25, 0.3) is 11.2 Å². The molecule has 2 heterocycles. The number of Topliss-reactive ketones (excluding diaryl/α,β-unsaturated/α-hetero) is 1. The van der Waals surface area contributed by atoms with E-state index >= 15 is 0 Å². The highest BCUT2D eigenvalue weighted by Crippen LogP contribution is 2.44. The van der Waals surface area contributed by atoms with Crippen LogP contribution in [-0.2, 0) is 31.8 Å². The number of carbonyl (C=O) groups is 1. The molecule has 0 saturated heterocycles. The Kier molecular flexibility index (Phi) is 7.57. The summed E-state index contributed by atoms with van der Waals surface area (Å²) in [6, 6.07) is 7.00. The number of aromatic nitrogens is 4. The van der Waals surface area contributed by atoms with Crippen LogP contribution in [0.4, 0.5) is 5.95 Å². The summed E-state index contributed by atoms with van der Waals surface area (Å²) < 4.78 is 26.2. The van der Waals surface area contributed by atoms with E-state index in [1.165, 1.54) is 13.3 Å². The fourth-order valence-electron chi connectivity index (χ4n) is 2.84. The smallest absolute Gasteiger partial charge is 0.295 e. The summed E-state index contributed by atoms with van der Waals surface area (Å²) in [6.45, 7) is 5.56. The molecule has 0 radical (unpaired) electrons. The summed E-state index contributed by atoms with van der Waals surface area (Å²) in [5, 5.41) is 2.78. The number of aromatic amines is 1. The summed E-state index contributed by atoms with van der Waals surface area (Å²) in [6.07, 6.45) is 1.22. The maximum Gasteiger partial charge on any atom is 0.295 e. The predicted molar refractivity (Wildman–Crippen MR) is 120 cm³/mol. The number of ether oxygens (including phenoxy) is 1. The number of ketones is 1. The largest absolute Gasteiger partial charge is 0.369 e. The molecular formula is C20H27N6O5P. The number of nitrogens with zero attached hydrogens (tertiary/aromatic N) is 3. The lowest BCUT2D eigenvalue weighted by atomic mass is 10.2. The summed E-state index contributed by atoms with van der Waals surface area (Å²) in [5.74, 6) is -0.176. The molecule has 0 aliphatic heterocycles. The summed E-state index contributed by atoms with van der Waals surface area (Å²) >= 11 is 0. The molecule has 12 heteroatoms. The molecule has 0 amide bonds. The van der Waals surface area contributed by atoms with Crippen molar-refractivity contribution < 1.29 is 18.6 Å². The van der Waals surface area contributed by atoms with Crippen molar-refractivity contribution in [2.24, 2.45) is 0 Å². The van der Waals surface area contributed by atoms with Gasteiger partial charge in [0.1, 0.15) is 12.1 Å². The van der Waals surface area contributed by atoms with E-state index in [4.69, 9.17) is 15.0 Å². The fraction of sp³-hybridized carbons (Fsp3) is 0.400. The van der Waals surface area contributed by atoms with Gasteiger partial charge in [-0.15, -0.1) is 0 Å². The SMILES string of the molecule is CC(=O)[C@@H](C)NP(=O)(COCCn1cnc2c(=O)[nH]c(N)nc21)OCc1ccc(C)cc1. The van der Waals surface area contributed by atoms with E-state index in [9.17, 15) is 14.2 Å². The molecule has 0 bridgehead atoms. The highest BCUT2D eigenvalue weighted by atomic mass is 31.2. The third kappa shape index (κ3) is 6.10. The molecule has 0 saturated carbocycles. The molecule has 1 unspecified atom stereocenters. The summed E-state index contributed by atoms with van der Waals surface area (Å²) in [7, 11) is -3.49. The number of nitrogen functional groups attached to an aromatic ring is 1. The monoisotopic (exact) mass is 462 g/mol. The number of carbonyl (C=O) groups excluding carboxylic acids is 1. The maximum atomic E-state index is 13.3. The highest BCUT2D eigenvalue weighted by molar-refractivity contribution is 7.56. The zero-order chi connectivity index (χ0) is 23.3. The van der Waals surface area contributed by atoms with E-state index in [-0.39, 0.29) is 36.8 Å². The molecular weight excluding hydrogens is 435 g/mol. The van der Waals surface area contributed by atoms with Gasteiger partial charge in [-0.2, -0.15) is 4.98 Å². The molecule has 2 aromatic heterocycles. The number of nitrogens with two attached hydrogens (primary N) is 1. The Morgan fingerprint density at radius 3 is 2.75 bits per heavy atom. The van der Waals surface area contributed by atoms with Gasteiger partial charge < -0.3 is 19.6 Å². The number of imidazole rings is 1. The van der Waals surface area contributed by atoms with E-state index in [0.717, 1.165) is 11.1 Å². The number of rotatable bonds is 11. The van der Waals surface area contributed by atoms with E-state index in [1.807, 2.05) is 31.2 Å². The third-order valence-electron chi connectivity index (χ3n) is 4.79. The van der Waals surface area contributed by atoms with E-state index < -0.39 is 19.1 Å². The number of aryl methyl sites for hydroxylation is 1. The molecule has 2 atom stereocenters. The molecule has 0 aliphatic carbocycles. The van der Waals surface area contributed by atoms with Crippen molar-refractivity contribution in [3.05, 3.63) is 52.1 Å². The van der Waals surface area contributed by atoms with Gasteiger partial charge in [-0.25, -0.2) is 10.1 Å². The molecule has 1 aromatic carbocycles. The minimum absolute atomic E-state index is 0.0124. The Balaban J connectivity index is 1.63. The molecule has 172 valence electrons. The number of benzene rings is 1. The van der Waals surface area contributed by atoms with Gasteiger partial charge in [0.05, 0.1) is 25.6 Å². The Hall–Kier alpha value is -2.85. The predicted octanol–water partition coefficient (Wildman–Crippen LogP) is 1.96. The van der Waals surface area contributed by atoms with Gasteiger partial charge in [-0.05, 0) is 26.3 Å². The molecule has 3 rings (SSSR count). The lowest BCUT2D eigenvalue weighted by Crippen LogP contribution is -2.32. The van der Waals surface area contributed by atoms with Crippen LogP contribution in [0.5, 0.6) is 0 Å². The number of fused-ring (bicyclic) bond motifs is 1. The van der Waals surface area contributed by atoms with E-state index in [1.54, 1.807) is 11.5 Å². The zero-order valence-corrected chi connectivity index (χ0v) is 19.1. The van der Waals surface area contributed by atoms with Gasteiger partial charge in [0, 0.05) is 6.54 Å². The van der Waals surface area contributed by atoms with Crippen molar-refractivity contribution in [2.75, 3.05) is 18.7 Å². The van der Waals surface area contributed by atoms with Gasteiger partial charge >= 0.3 is 0 Å². The average Bonchev–Trinajstić information content (AvgIpc) is 3.14. The number of anilines is 1. The molecule has 4 N–H and O–H groups in total. The number of H-pyrrole nitrogens is 1. The molecule has 11 nitrogen and oxygen atoms in total. The summed E-state index contributed by atoms with van der Waals surface area (Å²) in [5.41, 5.74) is 7.63. The quantitative estimate of drug-likeness (QED) is 0.286. The number of nitrogens with one attached hydrogen (secondary N) is 2. The normalized spacial score (nSPS) is 14.3. The van der Waals surface area contributed by atoms with Gasteiger partial charge in [-0.1, -0.05) is 29.8 Å². The van der Waals surface area contributed by atoms with Crippen molar-refractivity contribution in [1.82, 2.24) is 24.6 Å². The Bertz CT molecular complexity index is 1190. The lowest BCUT2D eigenvalue weighted by Gasteiger charge is -2.22. The standard InChI is InChI=1S/C20H27N6O5P/c1-13-4-6-16(7-5-13)10-31-32(29,25-14(2)15(3)27)12-30-9-8-26-11-22-17-18(26)23-20(21)24-19(17)28/h4-7,11,14H,8-10,12H2,1-3H3,(H,25,29)(H3,21,23,24,28)/t14-,32?/m1/s1. The Morgan fingerprint density at radius 2 is 2.06 bits per heavy atom. The van der Waals surface area contributed by atoms with Gasteiger partial charge in [0.15, 0.2) is 11.2 Å². The fourth-order valence-corrected chi connectivity index (χ4v) is 4.57. The average molecular weight is 462 g/mol. The van der Waals surface area contributed by atoms with Crippen LogP contribution in [0.15, 0.2) is 35.4 Å². The van der Waals surface area contributed by atoms with Crippen LogP contribution < -0.4 is 16.4 Å². The molecule has 32 heavy (non-hydrogen) atoms. The second-order valence-electron chi connectivity index (χ2n) is 7.49. The van der Waals surface area contributed by atoms with Gasteiger partial charge in [0.25, 0.3) is 13.1 Å². The molecule has 0 spiro atoms. The second kappa shape index (κ2) is 10.2. The Labute approximate surface area is 184 Å². The number of hydrogen-bond donors (Lipinski definition) is 3. The van der Waals surface area contributed by atoms with Crippen molar-refractivity contribution in [3.8, 4) is 0 Å². The van der Waals surface area contributed by atoms with Crippen molar-refractivity contribution in [3.63, 3.8) is 0 Å². The minimum atomic E-state index is -3.49. The summed E-state index contributed by atoms with van der Waals surface area (Å²) in [4.78, 5) is 34.0. The van der Waals surface area contributed by atoms with Crippen LogP contribution in [0.2, 0.25) is 0 Å². The first-order chi connectivity index (χ1) is 15.2. The van der Waals surface area contributed by atoms with Crippen LogP contribution in [0.3, 0.4) is 0 Å². The number of hydrogen-bond acceptors (Lipinski definition) is 8. The van der Waals surface area contributed by atoms with Crippen LogP contribution in [0, 0.1) is 6.92 Å². The Morgan fingerprint density at radius 1 is 1.34 bits per heavy atom. The zero-order valence-electron chi connectivity index (χ0n) is 18.2. The molecule has 3 aromatic rings. The van der Waals surface area contributed by atoms with E-state index in [0.29, 0.717) is 12.2 Å². The van der Waals surface area contributed by atoms with Crippen molar-refractivity contribution >= 4 is 30.4 Å².